The molecular formula is C11H14N4OS. The summed E-state index contributed by atoms with van der Waals surface area (Å²) in [4.78, 5) is 0. The molecule has 1 unspecified atom stereocenters. The van der Waals surface area contributed by atoms with Gasteiger partial charge in [-0.3, -0.25) is 0 Å². The Morgan fingerprint density at radius 3 is 2.82 bits per heavy atom. The number of benzene rings is 1. The first kappa shape index (κ1) is 12.1. The topological polar surface area (TPSA) is 63.8 Å². The minimum absolute atomic E-state index is 0.0400. The lowest BCUT2D eigenvalue weighted by Crippen LogP contribution is -2.06. The molecule has 0 radical (unpaired) electrons. The Morgan fingerprint density at radius 2 is 2.12 bits per heavy atom. The van der Waals surface area contributed by atoms with E-state index in [-0.39, 0.29) is 11.9 Å². The van der Waals surface area contributed by atoms with Crippen molar-refractivity contribution >= 4 is 11.8 Å². The number of rotatable bonds is 5. The number of aliphatic hydroxyl groups excluding tert-OH is 1. The van der Waals surface area contributed by atoms with Gasteiger partial charge in [0.15, 0.2) is 0 Å². The number of hydrogen-bond acceptors (Lipinski definition) is 5. The third-order valence-electron chi connectivity index (χ3n) is 2.36. The Kier molecular flexibility index (Phi) is 4.11. The Balaban J connectivity index is 2.08. The van der Waals surface area contributed by atoms with Gasteiger partial charge in [0.1, 0.15) is 0 Å². The minimum atomic E-state index is 0.0400. The number of tetrazole rings is 1. The largest absolute Gasteiger partial charge is 0.394 e. The molecule has 0 amide bonds. The van der Waals surface area contributed by atoms with Gasteiger partial charge in [-0.05, 0) is 22.9 Å². The summed E-state index contributed by atoms with van der Waals surface area (Å²) in [6, 6.07) is 10.2. The van der Waals surface area contributed by atoms with E-state index in [0.717, 1.165) is 5.16 Å². The molecule has 17 heavy (non-hydrogen) atoms. The van der Waals surface area contributed by atoms with Crippen molar-refractivity contribution in [3.63, 3.8) is 0 Å². The van der Waals surface area contributed by atoms with E-state index in [1.54, 1.807) is 16.4 Å². The van der Waals surface area contributed by atoms with E-state index in [9.17, 15) is 0 Å². The molecule has 0 saturated heterocycles. The summed E-state index contributed by atoms with van der Waals surface area (Å²) >= 11 is 1.59. The normalized spacial score (nSPS) is 12.6. The molecule has 1 aromatic heterocycles. The molecule has 90 valence electrons. The van der Waals surface area contributed by atoms with Crippen molar-refractivity contribution in [3.8, 4) is 0 Å². The average Bonchev–Trinajstić information content (AvgIpc) is 2.78. The fraction of sp³-hybridized carbons (Fsp3) is 0.364. The molecule has 1 heterocycles. The maximum Gasteiger partial charge on any atom is 0.209 e. The van der Waals surface area contributed by atoms with E-state index in [1.807, 2.05) is 18.2 Å². The number of nitrogens with zero attached hydrogens (tertiary/aromatic N) is 4. The number of thioether (sulfide) groups is 1. The Hall–Kier alpha value is -1.40. The zero-order chi connectivity index (χ0) is 12.1. The summed E-state index contributed by atoms with van der Waals surface area (Å²) in [5, 5.41) is 21.3. The maximum atomic E-state index is 8.89. The number of hydrogen-bond donors (Lipinski definition) is 1. The van der Waals surface area contributed by atoms with Crippen LogP contribution in [-0.4, -0.2) is 31.9 Å². The van der Waals surface area contributed by atoms with E-state index >= 15 is 0 Å². The van der Waals surface area contributed by atoms with E-state index in [2.05, 4.69) is 34.6 Å². The molecule has 5 nitrogen and oxygen atoms in total. The summed E-state index contributed by atoms with van der Waals surface area (Å²) in [5.41, 5.74) is 1.23. The van der Waals surface area contributed by atoms with Crippen LogP contribution in [0.25, 0.3) is 0 Å². The highest BCUT2D eigenvalue weighted by Gasteiger charge is 2.12. The van der Waals surface area contributed by atoms with Crippen molar-refractivity contribution in [2.75, 3.05) is 6.61 Å². The lowest BCUT2D eigenvalue weighted by atomic mass is 10.2. The average molecular weight is 250 g/mol. The van der Waals surface area contributed by atoms with Crippen LogP contribution in [0.5, 0.6) is 0 Å². The van der Waals surface area contributed by atoms with Gasteiger partial charge in [0.05, 0.1) is 13.2 Å². The second-order valence-electron chi connectivity index (χ2n) is 3.58. The van der Waals surface area contributed by atoms with Crippen molar-refractivity contribution in [1.29, 1.82) is 0 Å². The smallest absolute Gasteiger partial charge is 0.209 e. The molecular weight excluding hydrogens is 236 g/mol. The van der Waals surface area contributed by atoms with Crippen molar-refractivity contribution in [3.05, 3.63) is 35.9 Å². The molecule has 0 aliphatic rings. The summed E-state index contributed by atoms with van der Waals surface area (Å²) in [6.07, 6.45) is 0. The Bertz CT molecular complexity index is 460. The highest BCUT2D eigenvalue weighted by molar-refractivity contribution is 7.99. The molecule has 0 aliphatic heterocycles. The van der Waals surface area contributed by atoms with Gasteiger partial charge in [-0.15, -0.1) is 5.10 Å². The van der Waals surface area contributed by atoms with Gasteiger partial charge in [0.25, 0.3) is 0 Å². The van der Waals surface area contributed by atoms with Gasteiger partial charge in [-0.1, -0.05) is 42.1 Å². The van der Waals surface area contributed by atoms with Gasteiger partial charge in [0, 0.05) is 5.25 Å². The highest BCUT2D eigenvalue weighted by Crippen LogP contribution is 2.32. The first-order valence-corrected chi connectivity index (χ1v) is 6.28. The van der Waals surface area contributed by atoms with Crippen LogP contribution in [0.15, 0.2) is 35.5 Å². The molecule has 1 atom stereocenters. The zero-order valence-corrected chi connectivity index (χ0v) is 10.3. The predicted octanol–water partition coefficient (Wildman–Crippen LogP) is 1.52. The van der Waals surface area contributed by atoms with Gasteiger partial charge >= 0.3 is 0 Å². The molecule has 1 N–H and O–H groups in total. The van der Waals surface area contributed by atoms with E-state index in [0.29, 0.717) is 6.54 Å². The van der Waals surface area contributed by atoms with E-state index in [4.69, 9.17) is 5.11 Å². The van der Waals surface area contributed by atoms with Crippen molar-refractivity contribution < 1.29 is 5.11 Å². The van der Waals surface area contributed by atoms with Crippen molar-refractivity contribution in [1.82, 2.24) is 20.2 Å². The third-order valence-corrected chi connectivity index (χ3v) is 3.49. The molecule has 6 heteroatoms. The molecule has 1 aromatic carbocycles. The first-order valence-electron chi connectivity index (χ1n) is 5.40. The van der Waals surface area contributed by atoms with Crippen LogP contribution >= 0.6 is 11.8 Å². The maximum absolute atomic E-state index is 8.89. The molecule has 2 aromatic rings. The highest BCUT2D eigenvalue weighted by atomic mass is 32.2. The van der Waals surface area contributed by atoms with Gasteiger partial charge in [0.2, 0.25) is 5.16 Å². The van der Waals surface area contributed by atoms with Crippen molar-refractivity contribution in [2.24, 2.45) is 0 Å². The quantitative estimate of drug-likeness (QED) is 0.815. The number of aromatic nitrogens is 4. The first-order chi connectivity index (χ1) is 8.31. The molecule has 0 spiro atoms. The third kappa shape index (κ3) is 3.04. The molecule has 0 aliphatic carbocycles. The standard InChI is InChI=1S/C11H14N4OS/c1-9(10-5-3-2-4-6-10)17-11-12-13-14-15(11)7-8-16/h2-6,9,16H,7-8H2,1H3. The van der Waals surface area contributed by atoms with E-state index in [1.165, 1.54) is 5.56 Å². The van der Waals surface area contributed by atoms with Crippen LogP contribution in [-0.2, 0) is 6.54 Å². The fourth-order valence-electron chi connectivity index (χ4n) is 1.47. The predicted molar refractivity (Wildman–Crippen MR) is 65.6 cm³/mol. The van der Waals surface area contributed by atoms with Gasteiger partial charge in [-0.2, -0.15) is 0 Å². The van der Waals surface area contributed by atoms with Crippen molar-refractivity contribution in [2.45, 2.75) is 23.9 Å². The Morgan fingerprint density at radius 1 is 1.35 bits per heavy atom. The monoisotopic (exact) mass is 250 g/mol. The van der Waals surface area contributed by atoms with E-state index < -0.39 is 0 Å². The lowest BCUT2D eigenvalue weighted by Gasteiger charge is -2.10. The molecule has 0 saturated carbocycles. The van der Waals surface area contributed by atoms with Crippen LogP contribution < -0.4 is 0 Å². The second kappa shape index (κ2) is 5.79. The second-order valence-corrected chi connectivity index (χ2v) is 4.89. The van der Waals surface area contributed by atoms with Crippen LogP contribution in [0, 0.1) is 0 Å². The minimum Gasteiger partial charge on any atom is -0.394 e. The van der Waals surface area contributed by atoms with Gasteiger partial charge < -0.3 is 5.11 Å². The van der Waals surface area contributed by atoms with Gasteiger partial charge in [-0.25, -0.2) is 4.68 Å². The summed E-state index contributed by atoms with van der Waals surface area (Å²) < 4.78 is 1.62. The fourth-order valence-corrected chi connectivity index (χ4v) is 2.41. The lowest BCUT2D eigenvalue weighted by molar-refractivity contribution is 0.262. The summed E-state index contributed by atoms with van der Waals surface area (Å²) in [5.74, 6) is 0. The summed E-state index contributed by atoms with van der Waals surface area (Å²) in [7, 11) is 0. The van der Waals surface area contributed by atoms with Crippen LogP contribution in [0.4, 0.5) is 0 Å². The molecule has 0 bridgehead atoms. The molecule has 0 fully saturated rings. The SMILES string of the molecule is CC(Sc1nnnn1CCO)c1ccccc1. The zero-order valence-electron chi connectivity index (χ0n) is 9.52. The van der Waals surface area contributed by atoms with Crippen LogP contribution in [0.3, 0.4) is 0 Å². The summed E-state index contributed by atoms with van der Waals surface area (Å²) in [6.45, 7) is 2.58. The van der Waals surface area contributed by atoms with Crippen LogP contribution in [0.2, 0.25) is 0 Å². The molecule has 2 rings (SSSR count). The number of aliphatic hydroxyl groups is 1. The van der Waals surface area contributed by atoms with Crippen LogP contribution in [0.1, 0.15) is 17.7 Å². The Labute approximate surface area is 104 Å².